The fraction of sp³-hybridized carbons (Fsp3) is 0.714. The highest BCUT2D eigenvalue weighted by Gasteiger charge is 2.19. The van der Waals surface area contributed by atoms with E-state index in [1.165, 1.54) is 6.07 Å². The van der Waals surface area contributed by atoms with Crippen LogP contribution in [0.1, 0.15) is 38.7 Å². The maximum absolute atomic E-state index is 11.3. The number of aryl methyl sites for hydroxylation is 1. The molecule has 0 saturated heterocycles. The van der Waals surface area contributed by atoms with E-state index in [4.69, 9.17) is 4.74 Å². The van der Waals surface area contributed by atoms with Gasteiger partial charge < -0.3 is 15.0 Å². The Labute approximate surface area is 114 Å². The van der Waals surface area contributed by atoms with Gasteiger partial charge >= 0.3 is 0 Å². The van der Waals surface area contributed by atoms with Gasteiger partial charge in [-0.3, -0.25) is 4.79 Å². The van der Waals surface area contributed by atoms with Crippen molar-refractivity contribution in [2.75, 3.05) is 13.7 Å². The van der Waals surface area contributed by atoms with Gasteiger partial charge in [0.05, 0.1) is 5.60 Å². The fourth-order valence-corrected chi connectivity index (χ4v) is 2.09. The Morgan fingerprint density at radius 2 is 2.21 bits per heavy atom. The van der Waals surface area contributed by atoms with Gasteiger partial charge in [0.15, 0.2) is 0 Å². The molecule has 0 aliphatic heterocycles. The number of hydrogen-bond donors (Lipinski definition) is 2. The third-order valence-electron chi connectivity index (χ3n) is 3.12. The molecule has 1 unspecified atom stereocenters. The highest BCUT2D eigenvalue weighted by molar-refractivity contribution is 5.00. The summed E-state index contributed by atoms with van der Waals surface area (Å²) in [5.74, 6) is 0.732. The molecule has 0 saturated carbocycles. The third kappa shape index (κ3) is 5.98. The molecule has 1 aromatic rings. The Balaban J connectivity index is 2.39. The van der Waals surface area contributed by atoms with E-state index in [0.717, 1.165) is 24.5 Å². The van der Waals surface area contributed by atoms with Crippen LogP contribution in [0.15, 0.2) is 10.9 Å². The molecule has 0 bridgehead atoms. The van der Waals surface area contributed by atoms with Crippen LogP contribution in [0.5, 0.6) is 0 Å². The highest BCUT2D eigenvalue weighted by atomic mass is 16.5. The summed E-state index contributed by atoms with van der Waals surface area (Å²) in [5, 5.41) is 3.42. The van der Waals surface area contributed by atoms with Gasteiger partial charge in [0, 0.05) is 37.9 Å². The van der Waals surface area contributed by atoms with Crippen molar-refractivity contribution in [3.8, 4) is 0 Å². The highest BCUT2D eigenvalue weighted by Crippen LogP contribution is 2.15. The quantitative estimate of drug-likeness (QED) is 0.784. The van der Waals surface area contributed by atoms with E-state index < -0.39 is 0 Å². The van der Waals surface area contributed by atoms with Gasteiger partial charge in [-0.2, -0.15) is 0 Å². The summed E-state index contributed by atoms with van der Waals surface area (Å²) in [6, 6.07) is 1.85. The summed E-state index contributed by atoms with van der Waals surface area (Å²) >= 11 is 0. The van der Waals surface area contributed by atoms with Crippen LogP contribution in [-0.4, -0.2) is 35.3 Å². The van der Waals surface area contributed by atoms with Crippen molar-refractivity contribution in [3.05, 3.63) is 27.9 Å². The topological polar surface area (TPSA) is 67.0 Å². The van der Waals surface area contributed by atoms with Gasteiger partial charge in [0.25, 0.3) is 5.56 Å². The van der Waals surface area contributed by atoms with E-state index >= 15 is 0 Å². The van der Waals surface area contributed by atoms with Crippen LogP contribution in [-0.2, 0) is 11.2 Å². The molecule has 0 aliphatic carbocycles. The Hall–Kier alpha value is -1.20. The van der Waals surface area contributed by atoms with Crippen molar-refractivity contribution >= 4 is 0 Å². The lowest BCUT2D eigenvalue weighted by Gasteiger charge is -2.27. The van der Waals surface area contributed by atoms with E-state index in [1.807, 2.05) is 6.92 Å². The average Bonchev–Trinajstić information content (AvgIpc) is 2.27. The van der Waals surface area contributed by atoms with Crippen molar-refractivity contribution in [1.82, 2.24) is 15.3 Å². The molecule has 1 atom stereocenters. The largest absolute Gasteiger partial charge is 0.379 e. The minimum Gasteiger partial charge on any atom is -0.379 e. The van der Waals surface area contributed by atoms with Crippen LogP contribution in [0.4, 0.5) is 0 Å². The number of nitrogens with one attached hydrogen (secondary N) is 2. The summed E-state index contributed by atoms with van der Waals surface area (Å²) in [4.78, 5) is 18.4. The SMILES string of the molecule is COC(C)(C)CC(C)NCCc1nc(C)cc(=O)[nH]1. The molecule has 2 N–H and O–H groups in total. The molecule has 0 fully saturated rings. The first-order valence-electron chi connectivity index (χ1n) is 6.68. The lowest BCUT2D eigenvalue weighted by molar-refractivity contribution is 0.00864. The predicted molar refractivity (Wildman–Crippen MR) is 76.5 cm³/mol. The fourth-order valence-electron chi connectivity index (χ4n) is 2.09. The Morgan fingerprint density at radius 1 is 1.53 bits per heavy atom. The number of rotatable bonds is 7. The van der Waals surface area contributed by atoms with Gasteiger partial charge in [-0.05, 0) is 34.1 Å². The lowest BCUT2D eigenvalue weighted by atomic mass is 10.00. The lowest BCUT2D eigenvalue weighted by Crippen LogP contribution is -2.36. The third-order valence-corrected chi connectivity index (χ3v) is 3.12. The number of H-pyrrole nitrogens is 1. The molecule has 0 spiro atoms. The Bertz CT molecular complexity index is 454. The zero-order valence-corrected chi connectivity index (χ0v) is 12.5. The number of hydrogen-bond acceptors (Lipinski definition) is 4. The second kappa shape index (κ2) is 6.82. The molecule has 0 aliphatic rings. The van der Waals surface area contributed by atoms with Gasteiger partial charge in [-0.15, -0.1) is 0 Å². The molecule has 108 valence electrons. The number of nitrogens with zero attached hydrogens (tertiary/aromatic N) is 1. The normalized spacial score (nSPS) is 13.5. The second-order valence-electron chi connectivity index (χ2n) is 5.61. The zero-order valence-electron chi connectivity index (χ0n) is 12.5. The van der Waals surface area contributed by atoms with E-state index in [1.54, 1.807) is 7.11 Å². The molecule has 0 radical (unpaired) electrons. The molecule has 0 aromatic carbocycles. The maximum atomic E-state index is 11.3. The van der Waals surface area contributed by atoms with E-state index in [9.17, 15) is 4.79 Å². The predicted octanol–water partition coefficient (Wildman–Crippen LogP) is 1.41. The standard InChI is InChI=1S/C14H25N3O2/c1-10-8-13(18)17-12(16-10)6-7-15-11(2)9-14(3,4)19-5/h8,11,15H,6-7,9H2,1-5H3,(H,16,17,18). The number of methoxy groups -OCH3 is 1. The van der Waals surface area contributed by atoms with Crippen LogP contribution in [0.2, 0.25) is 0 Å². The Morgan fingerprint density at radius 3 is 2.79 bits per heavy atom. The second-order valence-corrected chi connectivity index (χ2v) is 5.61. The molecule has 5 nitrogen and oxygen atoms in total. The van der Waals surface area contributed by atoms with Gasteiger partial charge in [0.2, 0.25) is 0 Å². The first-order chi connectivity index (χ1) is 8.82. The van der Waals surface area contributed by atoms with Crippen LogP contribution in [0, 0.1) is 6.92 Å². The minimum absolute atomic E-state index is 0.0870. The Kier molecular flexibility index (Phi) is 5.69. The number of ether oxygens (including phenoxy) is 1. The van der Waals surface area contributed by atoms with Crippen molar-refractivity contribution in [2.45, 2.75) is 52.2 Å². The van der Waals surface area contributed by atoms with Gasteiger partial charge in [0.1, 0.15) is 5.82 Å². The van der Waals surface area contributed by atoms with Crippen molar-refractivity contribution in [2.24, 2.45) is 0 Å². The number of aromatic amines is 1. The summed E-state index contributed by atoms with van der Waals surface area (Å²) in [6.45, 7) is 8.89. The maximum Gasteiger partial charge on any atom is 0.251 e. The molecule has 1 rings (SSSR count). The van der Waals surface area contributed by atoms with Gasteiger partial charge in [-0.1, -0.05) is 0 Å². The number of aromatic nitrogens is 2. The molecule has 1 heterocycles. The van der Waals surface area contributed by atoms with Crippen LogP contribution < -0.4 is 10.9 Å². The summed E-state index contributed by atoms with van der Waals surface area (Å²) < 4.78 is 5.40. The van der Waals surface area contributed by atoms with Crippen molar-refractivity contribution in [1.29, 1.82) is 0 Å². The van der Waals surface area contributed by atoms with Gasteiger partial charge in [-0.25, -0.2) is 4.98 Å². The first-order valence-corrected chi connectivity index (χ1v) is 6.68. The van der Waals surface area contributed by atoms with Crippen LogP contribution in [0.3, 0.4) is 0 Å². The average molecular weight is 267 g/mol. The zero-order chi connectivity index (χ0) is 14.5. The van der Waals surface area contributed by atoms with Crippen LogP contribution >= 0.6 is 0 Å². The molecule has 0 amide bonds. The summed E-state index contributed by atoms with van der Waals surface area (Å²) in [7, 11) is 1.73. The summed E-state index contributed by atoms with van der Waals surface area (Å²) in [6.07, 6.45) is 1.65. The minimum atomic E-state index is -0.123. The molecular weight excluding hydrogens is 242 g/mol. The molecule has 19 heavy (non-hydrogen) atoms. The van der Waals surface area contributed by atoms with Crippen molar-refractivity contribution < 1.29 is 4.74 Å². The van der Waals surface area contributed by atoms with Crippen LogP contribution in [0.25, 0.3) is 0 Å². The molecule has 5 heteroatoms. The smallest absolute Gasteiger partial charge is 0.251 e. The molecular formula is C14H25N3O2. The van der Waals surface area contributed by atoms with E-state index in [0.29, 0.717) is 12.5 Å². The van der Waals surface area contributed by atoms with E-state index in [-0.39, 0.29) is 11.2 Å². The first kappa shape index (κ1) is 15.9. The van der Waals surface area contributed by atoms with E-state index in [2.05, 4.69) is 36.1 Å². The summed E-state index contributed by atoms with van der Waals surface area (Å²) in [5.41, 5.74) is 0.547. The monoisotopic (exact) mass is 267 g/mol. The molecule has 1 aromatic heterocycles. The van der Waals surface area contributed by atoms with Crippen molar-refractivity contribution in [3.63, 3.8) is 0 Å².